The highest BCUT2D eigenvalue weighted by molar-refractivity contribution is 5.77. The topological polar surface area (TPSA) is 55.4 Å². The zero-order valence-corrected chi connectivity index (χ0v) is 14.6. The normalized spacial score (nSPS) is 11.7. The number of benzene rings is 2. The number of hydrogen-bond acceptors (Lipinski definition) is 3. The maximum absolute atomic E-state index is 12.4. The van der Waals surface area contributed by atoms with Gasteiger partial charge in [0.25, 0.3) is 0 Å². The minimum Gasteiger partial charge on any atom is -0.426 e. The van der Waals surface area contributed by atoms with Crippen LogP contribution < -0.4 is 10.1 Å². The second-order valence-corrected chi connectivity index (χ2v) is 6.06. The summed E-state index contributed by atoms with van der Waals surface area (Å²) in [4.78, 5) is 23.9. The van der Waals surface area contributed by atoms with Gasteiger partial charge in [-0.05, 0) is 37.5 Å². The molecule has 126 valence electrons. The Balaban J connectivity index is 2.15. The van der Waals surface area contributed by atoms with Crippen LogP contribution in [0.2, 0.25) is 0 Å². The fourth-order valence-electron chi connectivity index (χ4n) is 2.58. The number of amides is 1. The van der Waals surface area contributed by atoms with Crippen molar-refractivity contribution in [3.8, 4) is 5.75 Å². The maximum atomic E-state index is 12.4. The molecule has 1 N–H and O–H groups in total. The van der Waals surface area contributed by atoms with Crippen LogP contribution in [0.3, 0.4) is 0 Å². The Labute approximate surface area is 142 Å². The van der Waals surface area contributed by atoms with E-state index in [1.165, 1.54) is 6.92 Å². The van der Waals surface area contributed by atoms with Crippen molar-refractivity contribution in [2.24, 2.45) is 0 Å². The van der Waals surface area contributed by atoms with Gasteiger partial charge in [0.2, 0.25) is 5.91 Å². The van der Waals surface area contributed by atoms with E-state index in [9.17, 15) is 9.59 Å². The Morgan fingerprint density at radius 3 is 2.12 bits per heavy atom. The molecule has 1 atom stereocenters. The van der Waals surface area contributed by atoms with Crippen LogP contribution in [0, 0.1) is 20.8 Å². The quantitative estimate of drug-likeness (QED) is 0.672. The van der Waals surface area contributed by atoms with Crippen LogP contribution in [0.1, 0.15) is 41.6 Å². The first-order valence-electron chi connectivity index (χ1n) is 7.97. The molecule has 2 aromatic rings. The Bertz CT molecular complexity index is 715. The molecule has 0 saturated heterocycles. The predicted molar refractivity (Wildman–Crippen MR) is 93.9 cm³/mol. The van der Waals surface area contributed by atoms with E-state index in [0.29, 0.717) is 5.75 Å². The molecule has 2 aromatic carbocycles. The molecule has 4 heteroatoms. The zero-order valence-electron chi connectivity index (χ0n) is 14.6. The van der Waals surface area contributed by atoms with Crippen molar-refractivity contribution < 1.29 is 14.3 Å². The predicted octanol–water partition coefficient (Wildman–Crippen LogP) is 3.78. The van der Waals surface area contributed by atoms with Crippen LogP contribution in [0.5, 0.6) is 5.75 Å². The standard InChI is InChI=1S/C20H23NO3/c1-13-8-10-17(11-9-13)18(21-16(4)22)12-19(23)24-20-14(2)6-5-7-15(20)3/h5-11,18H,12H2,1-4H3,(H,21,22). The smallest absolute Gasteiger partial charge is 0.313 e. The molecule has 0 heterocycles. The molecule has 0 spiro atoms. The lowest BCUT2D eigenvalue weighted by Crippen LogP contribution is -2.29. The van der Waals surface area contributed by atoms with Gasteiger partial charge in [0.1, 0.15) is 5.75 Å². The van der Waals surface area contributed by atoms with Gasteiger partial charge < -0.3 is 10.1 Å². The Hall–Kier alpha value is -2.62. The maximum Gasteiger partial charge on any atom is 0.313 e. The van der Waals surface area contributed by atoms with Crippen LogP contribution in [0.25, 0.3) is 0 Å². The highest BCUT2D eigenvalue weighted by Crippen LogP contribution is 2.24. The monoisotopic (exact) mass is 325 g/mol. The van der Waals surface area contributed by atoms with E-state index in [4.69, 9.17) is 4.74 Å². The molecular formula is C20H23NO3. The molecule has 2 rings (SSSR count). The first-order valence-corrected chi connectivity index (χ1v) is 7.97. The molecule has 0 aromatic heterocycles. The van der Waals surface area contributed by atoms with Gasteiger partial charge in [0.15, 0.2) is 0 Å². The highest BCUT2D eigenvalue weighted by Gasteiger charge is 2.19. The minimum atomic E-state index is -0.403. The Morgan fingerprint density at radius 2 is 1.58 bits per heavy atom. The molecule has 0 fully saturated rings. The summed E-state index contributed by atoms with van der Waals surface area (Å²) in [6, 6.07) is 13.1. The first-order chi connectivity index (χ1) is 11.4. The number of carbonyl (C=O) groups is 2. The van der Waals surface area contributed by atoms with Crippen LogP contribution in [0.15, 0.2) is 42.5 Å². The summed E-state index contributed by atoms with van der Waals surface area (Å²) in [7, 11) is 0. The third-order valence-corrected chi connectivity index (χ3v) is 3.85. The third-order valence-electron chi connectivity index (χ3n) is 3.85. The molecular weight excluding hydrogens is 302 g/mol. The van der Waals surface area contributed by atoms with Crippen LogP contribution >= 0.6 is 0 Å². The summed E-state index contributed by atoms with van der Waals surface area (Å²) in [5.74, 6) is 0.0418. The van der Waals surface area contributed by atoms with Crippen LogP contribution in [-0.2, 0) is 9.59 Å². The van der Waals surface area contributed by atoms with Gasteiger partial charge >= 0.3 is 5.97 Å². The number of nitrogens with one attached hydrogen (secondary N) is 1. The Morgan fingerprint density at radius 1 is 1.00 bits per heavy atom. The van der Waals surface area contributed by atoms with Crippen molar-refractivity contribution in [3.63, 3.8) is 0 Å². The average molecular weight is 325 g/mol. The van der Waals surface area contributed by atoms with Gasteiger partial charge in [-0.3, -0.25) is 9.59 Å². The summed E-state index contributed by atoms with van der Waals surface area (Å²) in [5, 5.41) is 2.82. The van der Waals surface area contributed by atoms with E-state index >= 15 is 0 Å². The summed E-state index contributed by atoms with van der Waals surface area (Å²) >= 11 is 0. The highest BCUT2D eigenvalue weighted by atomic mass is 16.5. The number of hydrogen-bond donors (Lipinski definition) is 1. The molecule has 24 heavy (non-hydrogen) atoms. The fourth-order valence-corrected chi connectivity index (χ4v) is 2.58. The number of para-hydroxylation sites is 1. The van der Waals surface area contributed by atoms with Gasteiger partial charge in [-0.15, -0.1) is 0 Å². The average Bonchev–Trinajstić information content (AvgIpc) is 2.51. The molecule has 0 aliphatic rings. The van der Waals surface area contributed by atoms with E-state index in [2.05, 4.69) is 5.32 Å². The van der Waals surface area contributed by atoms with E-state index in [-0.39, 0.29) is 18.3 Å². The number of aryl methyl sites for hydroxylation is 3. The van der Waals surface area contributed by atoms with Crippen molar-refractivity contribution in [2.45, 2.75) is 40.2 Å². The first kappa shape index (κ1) is 17.7. The summed E-state index contributed by atoms with van der Waals surface area (Å²) in [5.41, 5.74) is 3.83. The molecule has 1 unspecified atom stereocenters. The minimum absolute atomic E-state index is 0.0798. The van der Waals surface area contributed by atoms with Crippen LogP contribution in [-0.4, -0.2) is 11.9 Å². The molecule has 0 bridgehead atoms. The van der Waals surface area contributed by atoms with Crippen LogP contribution in [0.4, 0.5) is 0 Å². The number of carbonyl (C=O) groups excluding carboxylic acids is 2. The second kappa shape index (κ2) is 7.77. The van der Waals surface area contributed by atoms with Gasteiger partial charge in [-0.1, -0.05) is 48.0 Å². The molecule has 0 saturated carbocycles. The van der Waals surface area contributed by atoms with Crippen molar-refractivity contribution >= 4 is 11.9 Å². The molecule has 0 radical (unpaired) electrons. The van der Waals surface area contributed by atoms with E-state index in [1.54, 1.807) is 0 Å². The lowest BCUT2D eigenvalue weighted by atomic mass is 10.0. The SMILES string of the molecule is CC(=O)NC(CC(=O)Oc1c(C)cccc1C)c1ccc(C)cc1. The Kier molecular flexibility index (Phi) is 5.74. The zero-order chi connectivity index (χ0) is 17.7. The lowest BCUT2D eigenvalue weighted by molar-refractivity contribution is -0.135. The number of rotatable bonds is 5. The summed E-state index contributed by atoms with van der Waals surface area (Å²) in [6.45, 7) is 7.24. The van der Waals surface area contributed by atoms with Crippen molar-refractivity contribution in [2.75, 3.05) is 0 Å². The number of esters is 1. The summed E-state index contributed by atoms with van der Waals surface area (Å²) < 4.78 is 5.54. The second-order valence-electron chi connectivity index (χ2n) is 6.06. The summed E-state index contributed by atoms with van der Waals surface area (Å²) in [6.07, 6.45) is 0.0798. The largest absolute Gasteiger partial charge is 0.426 e. The van der Waals surface area contributed by atoms with E-state index < -0.39 is 6.04 Å². The molecule has 0 aliphatic heterocycles. The molecule has 1 amide bonds. The van der Waals surface area contributed by atoms with Crippen molar-refractivity contribution in [1.29, 1.82) is 0 Å². The molecule has 4 nitrogen and oxygen atoms in total. The lowest BCUT2D eigenvalue weighted by Gasteiger charge is -2.18. The van der Waals surface area contributed by atoms with Gasteiger partial charge in [0.05, 0.1) is 12.5 Å². The third kappa shape index (κ3) is 4.69. The number of ether oxygens (including phenoxy) is 1. The van der Waals surface area contributed by atoms with E-state index in [1.807, 2.05) is 63.2 Å². The fraction of sp³-hybridized carbons (Fsp3) is 0.300. The van der Waals surface area contributed by atoms with Crippen molar-refractivity contribution in [1.82, 2.24) is 5.32 Å². The van der Waals surface area contributed by atoms with Gasteiger partial charge in [-0.25, -0.2) is 0 Å². The van der Waals surface area contributed by atoms with E-state index in [0.717, 1.165) is 22.3 Å². The van der Waals surface area contributed by atoms with Gasteiger partial charge in [-0.2, -0.15) is 0 Å². The van der Waals surface area contributed by atoms with Crippen molar-refractivity contribution in [3.05, 3.63) is 64.7 Å². The van der Waals surface area contributed by atoms with Gasteiger partial charge in [0, 0.05) is 6.92 Å². The molecule has 0 aliphatic carbocycles.